The second-order valence-electron chi connectivity index (χ2n) is 7.50. The van der Waals surface area contributed by atoms with Crippen LogP contribution < -0.4 is 5.73 Å². The van der Waals surface area contributed by atoms with Gasteiger partial charge in [0.05, 0.1) is 41.1 Å². The monoisotopic (exact) mass is 423 g/mol. The number of fused-ring (bicyclic) bond motifs is 1. The lowest BCUT2D eigenvalue weighted by Crippen LogP contribution is -2.07. The summed E-state index contributed by atoms with van der Waals surface area (Å²) in [5, 5.41) is 23.4. The second kappa shape index (κ2) is 8.26. The summed E-state index contributed by atoms with van der Waals surface area (Å²) in [6, 6.07) is 19.0. The van der Waals surface area contributed by atoms with E-state index in [1.54, 1.807) is 23.1 Å². The molecule has 0 bridgehead atoms. The highest BCUT2D eigenvalue weighted by Gasteiger charge is 2.16. The van der Waals surface area contributed by atoms with Crippen molar-refractivity contribution in [1.82, 2.24) is 29.9 Å². The second-order valence-corrected chi connectivity index (χ2v) is 7.50. The fourth-order valence-corrected chi connectivity index (χ4v) is 3.65. The van der Waals surface area contributed by atoms with E-state index in [1.807, 2.05) is 61.5 Å². The third kappa shape index (κ3) is 3.62. The molecular weight excluding hydrogens is 402 g/mol. The molecule has 0 amide bonds. The van der Waals surface area contributed by atoms with Crippen molar-refractivity contribution >= 4 is 10.9 Å². The number of rotatable bonds is 5. The van der Waals surface area contributed by atoms with Crippen molar-refractivity contribution in [3.63, 3.8) is 0 Å². The molecule has 0 saturated carbocycles. The van der Waals surface area contributed by atoms with E-state index in [1.165, 1.54) is 0 Å². The quantitative estimate of drug-likeness (QED) is 0.445. The molecule has 3 N–H and O–H groups in total. The van der Waals surface area contributed by atoms with Crippen LogP contribution in [0.3, 0.4) is 0 Å². The molecule has 0 aliphatic heterocycles. The van der Waals surface area contributed by atoms with Gasteiger partial charge in [0.2, 0.25) is 0 Å². The number of hydrogen-bond donors (Lipinski definition) is 2. The third-order valence-electron chi connectivity index (χ3n) is 5.24. The van der Waals surface area contributed by atoms with Crippen LogP contribution in [-0.4, -0.2) is 35.1 Å². The minimum absolute atomic E-state index is 0.142. The van der Waals surface area contributed by atoms with Crippen LogP contribution in [0.1, 0.15) is 24.4 Å². The lowest BCUT2D eigenvalue weighted by Gasteiger charge is -2.11. The number of aliphatic hydroxyl groups excluding tert-OH is 1. The number of nitrogens with zero attached hydrogens (tertiary/aromatic N) is 6. The Hall–Kier alpha value is -4.01. The van der Waals surface area contributed by atoms with Crippen molar-refractivity contribution in [3.8, 4) is 28.3 Å². The van der Waals surface area contributed by atoms with Crippen molar-refractivity contribution in [2.75, 3.05) is 0 Å². The lowest BCUT2D eigenvalue weighted by atomic mass is 10.0. The Morgan fingerprint density at radius 1 is 1.00 bits per heavy atom. The summed E-state index contributed by atoms with van der Waals surface area (Å²) in [6.45, 7) is 1.77. The molecule has 32 heavy (non-hydrogen) atoms. The highest BCUT2D eigenvalue weighted by Crippen LogP contribution is 2.33. The molecule has 1 atom stereocenters. The zero-order valence-electron chi connectivity index (χ0n) is 17.4. The van der Waals surface area contributed by atoms with Gasteiger partial charge in [-0.3, -0.25) is 4.98 Å². The average Bonchev–Trinajstić information content (AvgIpc) is 3.28. The highest BCUT2D eigenvalue weighted by molar-refractivity contribution is 5.97. The van der Waals surface area contributed by atoms with E-state index >= 15 is 0 Å². The molecule has 1 aromatic carbocycles. The maximum absolute atomic E-state index is 9.50. The first-order valence-corrected chi connectivity index (χ1v) is 10.2. The molecule has 0 fully saturated rings. The predicted molar refractivity (Wildman–Crippen MR) is 122 cm³/mol. The van der Waals surface area contributed by atoms with E-state index in [0.717, 1.165) is 39.1 Å². The number of aromatic nitrogens is 6. The van der Waals surface area contributed by atoms with E-state index < -0.39 is 0 Å². The van der Waals surface area contributed by atoms with Crippen molar-refractivity contribution in [3.05, 3.63) is 84.4 Å². The Labute approximate surface area is 184 Å². The molecule has 1 unspecified atom stereocenters. The highest BCUT2D eigenvalue weighted by atomic mass is 16.3. The molecular formula is C24H21N7O. The maximum atomic E-state index is 9.50. The van der Waals surface area contributed by atoms with Crippen LogP contribution in [0.5, 0.6) is 0 Å². The number of aliphatic hydroxyl groups is 1. The molecule has 0 radical (unpaired) electrons. The lowest BCUT2D eigenvalue weighted by molar-refractivity contribution is 0.276. The van der Waals surface area contributed by atoms with Crippen LogP contribution >= 0.6 is 0 Å². The minimum Gasteiger partial charge on any atom is -0.390 e. The van der Waals surface area contributed by atoms with Crippen LogP contribution in [0.2, 0.25) is 0 Å². The first kappa shape index (κ1) is 19.9. The Kier molecular flexibility index (Phi) is 5.14. The van der Waals surface area contributed by atoms with Crippen molar-refractivity contribution < 1.29 is 5.11 Å². The van der Waals surface area contributed by atoms with Gasteiger partial charge in [-0.15, -0.1) is 0 Å². The van der Waals surface area contributed by atoms with Gasteiger partial charge in [-0.05, 0) is 55.5 Å². The Bertz CT molecular complexity index is 1400. The van der Waals surface area contributed by atoms with Crippen LogP contribution in [0.25, 0.3) is 39.2 Å². The van der Waals surface area contributed by atoms with Gasteiger partial charge in [-0.25, -0.2) is 9.67 Å². The zero-order chi connectivity index (χ0) is 22.1. The van der Waals surface area contributed by atoms with Crippen molar-refractivity contribution in [2.45, 2.75) is 19.6 Å². The SMILES string of the molecule is CC(N)c1cccc(-c2cc(-c3cccnn3)c3cnn(-c4cccc(CO)n4)c3c2)n1. The Balaban J connectivity index is 1.77. The summed E-state index contributed by atoms with van der Waals surface area (Å²) >= 11 is 0. The summed E-state index contributed by atoms with van der Waals surface area (Å²) in [4.78, 5) is 9.28. The number of pyridine rings is 2. The fourth-order valence-electron chi connectivity index (χ4n) is 3.65. The molecule has 5 rings (SSSR count). The number of nitrogens with two attached hydrogens (primary N) is 1. The maximum Gasteiger partial charge on any atom is 0.154 e. The summed E-state index contributed by atoms with van der Waals surface area (Å²) < 4.78 is 1.76. The molecule has 0 aliphatic carbocycles. The topological polar surface area (TPSA) is 116 Å². The van der Waals surface area contributed by atoms with Gasteiger partial charge in [0.1, 0.15) is 0 Å². The molecule has 5 aromatic rings. The minimum atomic E-state index is -0.172. The summed E-state index contributed by atoms with van der Waals surface area (Å²) in [6.07, 6.45) is 3.44. The Morgan fingerprint density at radius 2 is 1.84 bits per heavy atom. The molecule has 8 heteroatoms. The van der Waals surface area contributed by atoms with E-state index in [4.69, 9.17) is 10.7 Å². The molecule has 0 spiro atoms. The third-order valence-corrected chi connectivity index (χ3v) is 5.24. The van der Waals surface area contributed by atoms with E-state index in [0.29, 0.717) is 11.5 Å². The van der Waals surface area contributed by atoms with Crippen LogP contribution in [0.15, 0.2) is 73.1 Å². The first-order chi connectivity index (χ1) is 15.6. The van der Waals surface area contributed by atoms with Crippen LogP contribution in [-0.2, 0) is 6.61 Å². The summed E-state index contributed by atoms with van der Waals surface area (Å²) in [7, 11) is 0. The normalized spacial score (nSPS) is 12.2. The Morgan fingerprint density at radius 3 is 2.62 bits per heavy atom. The average molecular weight is 423 g/mol. The van der Waals surface area contributed by atoms with Crippen molar-refractivity contribution in [2.24, 2.45) is 5.73 Å². The molecule has 0 saturated heterocycles. The molecule has 4 heterocycles. The van der Waals surface area contributed by atoms with E-state index in [9.17, 15) is 5.11 Å². The van der Waals surface area contributed by atoms with Gasteiger partial charge in [0, 0.05) is 28.8 Å². The number of hydrogen-bond acceptors (Lipinski definition) is 7. The number of benzene rings is 1. The molecule has 0 aliphatic rings. The van der Waals surface area contributed by atoms with Gasteiger partial charge in [0.15, 0.2) is 5.82 Å². The zero-order valence-corrected chi connectivity index (χ0v) is 17.4. The van der Waals surface area contributed by atoms with Gasteiger partial charge >= 0.3 is 0 Å². The summed E-state index contributed by atoms with van der Waals surface area (Å²) in [5.41, 5.74) is 11.6. The molecule has 8 nitrogen and oxygen atoms in total. The van der Waals surface area contributed by atoms with E-state index in [2.05, 4.69) is 20.3 Å². The van der Waals surface area contributed by atoms with Crippen LogP contribution in [0.4, 0.5) is 0 Å². The van der Waals surface area contributed by atoms with Gasteiger partial charge in [-0.1, -0.05) is 12.1 Å². The predicted octanol–water partition coefficient (Wildman–Crippen LogP) is 3.45. The van der Waals surface area contributed by atoms with Gasteiger partial charge in [-0.2, -0.15) is 15.3 Å². The fraction of sp³-hybridized carbons (Fsp3) is 0.125. The van der Waals surface area contributed by atoms with Crippen molar-refractivity contribution in [1.29, 1.82) is 0 Å². The molecule has 158 valence electrons. The molecule has 4 aromatic heterocycles. The van der Waals surface area contributed by atoms with Crippen LogP contribution in [0, 0.1) is 0 Å². The summed E-state index contributed by atoms with van der Waals surface area (Å²) in [5.74, 6) is 0.617. The smallest absolute Gasteiger partial charge is 0.154 e. The van der Waals surface area contributed by atoms with E-state index in [-0.39, 0.29) is 12.6 Å². The first-order valence-electron chi connectivity index (χ1n) is 10.2. The van der Waals surface area contributed by atoms with Gasteiger partial charge in [0.25, 0.3) is 0 Å². The largest absolute Gasteiger partial charge is 0.390 e. The van der Waals surface area contributed by atoms with Gasteiger partial charge < -0.3 is 10.8 Å². The standard InChI is InChI=1S/C24H21N7O/c1-15(25)20-6-3-7-21(29-20)16-11-18(22-8-4-10-26-30-22)19-13-27-31(23(19)12-16)24-9-2-5-17(14-32)28-24/h2-13,15,32H,14,25H2,1H3.